The zero-order valence-electron chi connectivity index (χ0n) is 14.0. The molecule has 2 rings (SSSR count). The summed E-state index contributed by atoms with van der Waals surface area (Å²) in [5.41, 5.74) is 3.92. The molecule has 1 aliphatic rings. The van der Waals surface area contributed by atoms with E-state index in [0.717, 1.165) is 44.8 Å². The van der Waals surface area contributed by atoms with Crippen LogP contribution in [-0.4, -0.2) is 24.7 Å². The van der Waals surface area contributed by atoms with E-state index in [1.807, 2.05) is 6.92 Å². The van der Waals surface area contributed by atoms with E-state index in [0.29, 0.717) is 0 Å². The maximum Gasteiger partial charge on any atom is 0.129 e. The highest BCUT2D eigenvalue weighted by molar-refractivity contribution is 5.46. The second-order valence-corrected chi connectivity index (χ2v) is 6.10. The van der Waals surface area contributed by atoms with Crippen molar-refractivity contribution in [3.05, 3.63) is 35.5 Å². The molecular formula is C19H30N2O. The Bertz CT molecular complexity index is 471. The molecule has 3 heteroatoms. The SMILES string of the molecule is C=C(CCCCCc1ccc2c(n1)NCCC2)CCOCC. The number of fused-ring (bicyclic) bond motifs is 1. The summed E-state index contributed by atoms with van der Waals surface area (Å²) in [6.07, 6.45) is 9.30. The van der Waals surface area contributed by atoms with Gasteiger partial charge in [-0.3, -0.25) is 0 Å². The van der Waals surface area contributed by atoms with E-state index in [1.165, 1.54) is 48.9 Å². The van der Waals surface area contributed by atoms with Gasteiger partial charge < -0.3 is 10.1 Å². The minimum atomic E-state index is 0.802. The van der Waals surface area contributed by atoms with Gasteiger partial charge >= 0.3 is 0 Å². The molecule has 22 heavy (non-hydrogen) atoms. The van der Waals surface area contributed by atoms with Gasteiger partial charge in [0.05, 0.1) is 6.61 Å². The summed E-state index contributed by atoms with van der Waals surface area (Å²) in [6.45, 7) is 8.85. The van der Waals surface area contributed by atoms with Gasteiger partial charge in [-0.15, -0.1) is 0 Å². The van der Waals surface area contributed by atoms with Gasteiger partial charge in [-0.25, -0.2) is 4.98 Å². The highest BCUT2D eigenvalue weighted by Gasteiger charge is 2.09. The van der Waals surface area contributed by atoms with Gasteiger partial charge in [0, 0.05) is 18.8 Å². The first-order valence-corrected chi connectivity index (χ1v) is 8.76. The van der Waals surface area contributed by atoms with Crippen LogP contribution >= 0.6 is 0 Å². The molecular weight excluding hydrogens is 272 g/mol. The monoisotopic (exact) mass is 302 g/mol. The van der Waals surface area contributed by atoms with Crippen molar-refractivity contribution < 1.29 is 4.74 Å². The smallest absolute Gasteiger partial charge is 0.129 e. The topological polar surface area (TPSA) is 34.2 Å². The fraction of sp³-hybridized carbons (Fsp3) is 0.632. The largest absolute Gasteiger partial charge is 0.381 e. The third kappa shape index (κ3) is 5.80. The molecule has 0 atom stereocenters. The molecule has 3 nitrogen and oxygen atoms in total. The van der Waals surface area contributed by atoms with Crippen LogP contribution in [0.4, 0.5) is 5.82 Å². The Morgan fingerprint density at radius 1 is 1.27 bits per heavy atom. The van der Waals surface area contributed by atoms with E-state index in [1.54, 1.807) is 0 Å². The lowest BCUT2D eigenvalue weighted by Crippen LogP contribution is -2.13. The fourth-order valence-corrected chi connectivity index (χ4v) is 2.85. The summed E-state index contributed by atoms with van der Waals surface area (Å²) in [6, 6.07) is 4.45. The van der Waals surface area contributed by atoms with Gasteiger partial charge in [0.25, 0.3) is 0 Å². The summed E-state index contributed by atoms with van der Waals surface area (Å²) in [7, 11) is 0. The molecule has 1 aromatic heterocycles. The zero-order valence-corrected chi connectivity index (χ0v) is 14.0. The van der Waals surface area contributed by atoms with Crippen LogP contribution in [0.5, 0.6) is 0 Å². The molecule has 0 saturated carbocycles. The van der Waals surface area contributed by atoms with Crippen molar-refractivity contribution in [3.8, 4) is 0 Å². The Hall–Kier alpha value is -1.35. The van der Waals surface area contributed by atoms with Crippen LogP contribution in [0.25, 0.3) is 0 Å². The summed E-state index contributed by atoms with van der Waals surface area (Å²) >= 11 is 0. The number of anilines is 1. The number of hydrogen-bond acceptors (Lipinski definition) is 3. The number of aromatic nitrogens is 1. The number of pyridine rings is 1. The molecule has 0 saturated heterocycles. The molecule has 0 fully saturated rings. The number of nitrogens with one attached hydrogen (secondary N) is 1. The standard InChI is InChI=1S/C19H30N2O/c1-3-22-15-13-16(2)8-5-4-6-10-18-12-11-17-9-7-14-20-19(17)21-18/h11-12H,2-10,13-15H2,1H3,(H,20,21). The van der Waals surface area contributed by atoms with Crippen molar-refractivity contribution in [1.29, 1.82) is 0 Å². The molecule has 0 aliphatic carbocycles. The maximum absolute atomic E-state index is 5.36. The van der Waals surface area contributed by atoms with Crippen LogP contribution < -0.4 is 5.32 Å². The Labute approximate surface area is 135 Å². The highest BCUT2D eigenvalue weighted by atomic mass is 16.5. The molecule has 0 bridgehead atoms. The van der Waals surface area contributed by atoms with Crippen LogP contribution in [0.1, 0.15) is 56.7 Å². The van der Waals surface area contributed by atoms with Crippen LogP contribution in [0.3, 0.4) is 0 Å². The van der Waals surface area contributed by atoms with Crippen molar-refractivity contribution in [3.63, 3.8) is 0 Å². The van der Waals surface area contributed by atoms with E-state index in [2.05, 4.69) is 24.0 Å². The first-order valence-electron chi connectivity index (χ1n) is 8.76. The first kappa shape index (κ1) is 17.0. The van der Waals surface area contributed by atoms with Gasteiger partial charge in [0.15, 0.2) is 0 Å². The van der Waals surface area contributed by atoms with Crippen molar-refractivity contribution in [2.75, 3.05) is 25.1 Å². The van der Waals surface area contributed by atoms with E-state index in [4.69, 9.17) is 9.72 Å². The van der Waals surface area contributed by atoms with Crippen molar-refractivity contribution in [2.45, 2.75) is 58.3 Å². The first-order chi connectivity index (χ1) is 10.8. The van der Waals surface area contributed by atoms with Gasteiger partial charge in [0.1, 0.15) is 5.82 Å². The molecule has 1 aliphatic heterocycles. The number of aryl methyl sites for hydroxylation is 2. The summed E-state index contributed by atoms with van der Waals surface area (Å²) in [5.74, 6) is 1.12. The Kier molecular flexibility index (Phi) is 7.44. The van der Waals surface area contributed by atoms with E-state index >= 15 is 0 Å². The summed E-state index contributed by atoms with van der Waals surface area (Å²) in [5, 5.41) is 3.41. The zero-order chi connectivity index (χ0) is 15.6. The number of nitrogens with zero attached hydrogens (tertiary/aromatic N) is 1. The van der Waals surface area contributed by atoms with Crippen LogP contribution in [0.2, 0.25) is 0 Å². The molecule has 0 aromatic carbocycles. The molecule has 0 amide bonds. The quantitative estimate of drug-likeness (QED) is 0.509. The maximum atomic E-state index is 5.36. The Balaban J connectivity index is 1.60. The molecule has 0 spiro atoms. The number of unbranched alkanes of at least 4 members (excludes halogenated alkanes) is 2. The van der Waals surface area contributed by atoms with E-state index < -0.39 is 0 Å². The molecule has 1 aromatic rings. The van der Waals surface area contributed by atoms with Crippen molar-refractivity contribution in [1.82, 2.24) is 4.98 Å². The van der Waals surface area contributed by atoms with Gasteiger partial charge in [0.2, 0.25) is 0 Å². The second-order valence-electron chi connectivity index (χ2n) is 6.10. The third-order valence-electron chi connectivity index (χ3n) is 4.22. The van der Waals surface area contributed by atoms with Crippen LogP contribution in [-0.2, 0) is 17.6 Å². The molecule has 2 heterocycles. The summed E-state index contributed by atoms with van der Waals surface area (Å²) in [4.78, 5) is 4.75. The second kappa shape index (κ2) is 9.62. The average molecular weight is 302 g/mol. The van der Waals surface area contributed by atoms with E-state index in [9.17, 15) is 0 Å². The number of hydrogen-bond donors (Lipinski definition) is 1. The molecule has 1 N–H and O–H groups in total. The minimum Gasteiger partial charge on any atom is -0.381 e. The minimum absolute atomic E-state index is 0.802. The lowest BCUT2D eigenvalue weighted by molar-refractivity contribution is 0.150. The highest BCUT2D eigenvalue weighted by Crippen LogP contribution is 2.20. The number of ether oxygens (including phenoxy) is 1. The predicted molar refractivity (Wildman–Crippen MR) is 93.5 cm³/mol. The molecule has 0 unspecified atom stereocenters. The number of rotatable bonds is 10. The van der Waals surface area contributed by atoms with Crippen molar-refractivity contribution in [2.24, 2.45) is 0 Å². The van der Waals surface area contributed by atoms with Crippen molar-refractivity contribution >= 4 is 5.82 Å². The lowest BCUT2D eigenvalue weighted by atomic mass is 10.0. The summed E-state index contributed by atoms with van der Waals surface area (Å²) < 4.78 is 5.36. The average Bonchev–Trinajstić information content (AvgIpc) is 2.54. The van der Waals surface area contributed by atoms with Gasteiger partial charge in [-0.1, -0.05) is 24.6 Å². The predicted octanol–water partition coefficient (Wildman–Crippen LogP) is 4.53. The van der Waals surface area contributed by atoms with Gasteiger partial charge in [-0.05, 0) is 63.5 Å². The normalized spacial score (nSPS) is 13.5. The van der Waals surface area contributed by atoms with Crippen LogP contribution in [0, 0.1) is 0 Å². The molecule has 0 radical (unpaired) electrons. The van der Waals surface area contributed by atoms with Crippen LogP contribution in [0.15, 0.2) is 24.3 Å². The van der Waals surface area contributed by atoms with E-state index in [-0.39, 0.29) is 0 Å². The van der Waals surface area contributed by atoms with Gasteiger partial charge in [-0.2, -0.15) is 0 Å². The lowest BCUT2D eigenvalue weighted by Gasteiger charge is -2.17. The molecule has 122 valence electrons. The Morgan fingerprint density at radius 3 is 3.05 bits per heavy atom. The fourth-order valence-electron chi connectivity index (χ4n) is 2.85. The Morgan fingerprint density at radius 2 is 2.18 bits per heavy atom. The third-order valence-corrected chi connectivity index (χ3v) is 4.22.